The first-order chi connectivity index (χ1) is 11.6. The standard InChI is InChI=1S/C12H15NOS.C4H9N3.C2H6/c1-5-8-11(6-2)9-13-12(14)10(4)15-7-3;5-2-1-3-7-4-6;1-2/h5-8H,1-4,9H2,(H,13,14);1-3H,4-6H2;1-2H3/b11-8+;2-1-,7-3-;. The maximum Gasteiger partial charge on any atom is 0.257 e. The van der Waals surface area contributed by atoms with Crippen LogP contribution < -0.4 is 16.8 Å². The summed E-state index contributed by atoms with van der Waals surface area (Å²) in [6, 6.07) is 0. The molecule has 0 unspecified atom stereocenters. The highest BCUT2D eigenvalue weighted by molar-refractivity contribution is 8.06. The SMILES string of the molecule is C=C/C=C(\C=C)CNC(=O)C(=C)SC=C.CC.N/C=C\C=N/CN. The molecular formula is C18H30N4OS. The summed E-state index contributed by atoms with van der Waals surface area (Å²) in [6.07, 6.45) is 9.69. The van der Waals surface area contributed by atoms with E-state index in [1.807, 2.05) is 13.8 Å². The third kappa shape index (κ3) is 19.7. The van der Waals surface area contributed by atoms with Gasteiger partial charge in [-0.3, -0.25) is 9.79 Å². The second-order valence-corrected chi connectivity index (χ2v) is 4.53. The van der Waals surface area contributed by atoms with E-state index in [2.05, 4.69) is 36.6 Å². The number of hydrogen-bond acceptors (Lipinski definition) is 5. The monoisotopic (exact) mass is 350 g/mol. The lowest BCUT2D eigenvalue weighted by molar-refractivity contribution is -0.116. The van der Waals surface area contributed by atoms with Crippen LogP contribution in [-0.2, 0) is 4.79 Å². The number of nitrogens with one attached hydrogen (secondary N) is 1. The first-order valence-electron chi connectivity index (χ1n) is 7.32. The number of amides is 1. The minimum absolute atomic E-state index is 0.197. The summed E-state index contributed by atoms with van der Waals surface area (Å²) < 4.78 is 0. The molecule has 6 heteroatoms. The lowest BCUT2D eigenvalue weighted by Crippen LogP contribution is -2.25. The zero-order valence-corrected chi connectivity index (χ0v) is 15.5. The lowest BCUT2D eigenvalue weighted by atomic mass is 10.2. The summed E-state index contributed by atoms with van der Waals surface area (Å²) in [5, 5.41) is 4.27. The van der Waals surface area contributed by atoms with Crippen molar-refractivity contribution in [3.63, 3.8) is 0 Å². The van der Waals surface area contributed by atoms with Gasteiger partial charge in [0.2, 0.25) is 0 Å². The molecule has 0 aromatic heterocycles. The maximum absolute atomic E-state index is 11.4. The van der Waals surface area contributed by atoms with Gasteiger partial charge in [-0.2, -0.15) is 0 Å². The first-order valence-corrected chi connectivity index (χ1v) is 8.20. The molecule has 0 rings (SSSR count). The Morgan fingerprint density at radius 1 is 1.29 bits per heavy atom. The molecule has 0 atom stereocenters. The van der Waals surface area contributed by atoms with Crippen LogP contribution in [0.15, 0.2) is 77.7 Å². The number of allylic oxidation sites excluding steroid dienone is 3. The van der Waals surface area contributed by atoms with Crippen molar-refractivity contribution in [2.24, 2.45) is 16.5 Å². The minimum atomic E-state index is -0.197. The number of aliphatic imine (C=N–C) groups is 1. The summed E-state index contributed by atoms with van der Waals surface area (Å²) >= 11 is 1.20. The van der Waals surface area contributed by atoms with Crippen molar-refractivity contribution in [2.45, 2.75) is 13.8 Å². The molecule has 0 aliphatic carbocycles. The van der Waals surface area contributed by atoms with E-state index in [1.54, 1.807) is 35.9 Å². The summed E-state index contributed by atoms with van der Waals surface area (Å²) in [5.74, 6) is -0.197. The van der Waals surface area contributed by atoms with Crippen LogP contribution in [0.25, 0.3) is 0 Å². The normalized spacial score (nSPS) is 10.0. The van der Waals surface area contributed by atoms with E-state index in [-0.39, 0.29) is 5.91 Å². The van der Waals surface area contributed by atoms with Gasteiger partial charge < -0.3 is 16.8 Å². The van der Waals surface area contributed by atoms with Crippen LogP contribution in [0, 0.1) is 0 Å². The predicted octanol–water partition coefficient (Wildman–Crippen LogP) is 3.26. The Kier molecular flexibility index (Phi) is 25.4. The molecule has 0 saturated carbocycles. The molecule has 5 nitrogen and oxygen atoms in total. The van der Waals surface area contributed by atoms with Gasteiger partial charge in [0.05, 0.1) is 11.6 Å². The summed E-state index contributed by atoms with van der Waals surface area (Å²) in [4.78, 5) is 15.5. The molecule has 5 N–H and O–H groups in total. The van der Waals surface area contributed by atoms with Gasteiger partial charge in [0.15, 0.2) is 0 Å². The van der Waals surface area contributed by atoms with Crippen molar-refractivity contribution in [3.8, 4) is 0 Å². The highest BCUT2D eigenvalue weighted by atomic mass is 32.2. The van der Waals surface area contributed by atoms with Gasteiger partial charge in [-0.15, -0.1) is 0 Å². The average molecular weight is 351 g/mol. The summed E-state index contributed by atoms with van der Waals surface area (Å²) in [5.41, 5.74) is 10.9. The zero-order valence-electron chi connectivity index (χ0n) is 14.7. The van der Waals surface area contributed by atoms with Gasteiger partial charge >= 0.3 is 0 Å². The van der Waals surface area contributed by atoms with Crippen molar-refractivity contribution < 1.29 is 4.79 Å². The molecular weight excluding hydrogens is 320 g/mol. The van der Waals surface area contributed by atoms with E-state index in [0.717, 1.165) is 5.57 Å². The van der Waals surface area contributed by atoms with Gasteiger partial charge in [-0.1, -0.05) is 70.2 Å². The number of hydrogen-bond donors (Lipinski definition) is 3. The maximum atomic E-state index is 11.4. The highest BCUT2D eigenvalue weighted by Crippen LogP contribution is 2.13. The Morgan fingerprint density at radius 2 is 1.92 bits per heavy atom. The Hall–Kier alpha value is -2.31. The van der Waals surface area contributed by atoms with Gasteiger partial charge in [0.25, 0.3) is 5.91 Å². The molecule has 0 aromatic carbocycles. The summed E-state index contributed by atoms with van der Waals surface area (Å²) in [6.45, 7) is 19.1. The highest BCUT2D eigenvalue weighted by Gasteiger charge is 2.04. The molecule has 0 aliphatic rings. The molecule has 0 fully saturated rings. The van der Waals surface area contributed by atoms with Crippen molar-refractivity contribution in [1.29, 1.82) is 0 Å². The van der Waals surface area contributed by atoms with Crippen LogP contribution in [0.1, 0.15) is 13.8 Å². The Bertz CT molecular complexity index is 466. The molecule has 0 aromatic rings. The van der Waals surface area contributed by atoms with Crippen LogP contribution in [0.2, 0.25) is 0 Å². The fourth-order valence-electron chi connectivity index (χ4n) is 0.957. The Morgan fingerprint density at radius 3 is 2.33 bits per heavy atom. The molecule has 0 aliphatic heterocycles. The van der Waals surface area contributed by atoms with Gasteiger partial charge in [-0.25, -0.2) is 0 Å². The largest absolute Gasteiger partial charge is 0.405 e. The fraction of sp³-hybridized carbons (Fsp3) is 0.222. The second kappa shape index (κ2) is 23.0. The zero-order chi connectivity index (χ0) is 19.2. The van der Waals surface area contributed by atoms with Crippen molar-refractivity contribution in [2.75, 3.05) is 13.2 Å². The van der Waals surface area contributed by atoms with E-state index < -0.39 is 0 Å². The number of thioether (sulfide) groups is 1. The van der Waals surface area contributed by atoms with Gasteiger partial charge in [-0.05, 0) is 23.3 Å². The van der Waals surface area contributed by atoms with E-state index in [9.17, 15) is 4.79 Å². The van der Waals surface area contributed by atoms with Crippen molar-refractivity contribution in [3.05, 3.63) is 72.7 Å². The molecule has 0 saturated heterocycles. The predicted molar refractivity (Wildman–Crippen MR) is 111 cm³/mol. The third-order valence-electron chi connectivity index (χ3n) is 1.93. The van der Waals surface area contributed by atoms with Crippen LogP contribution in [0.4, 0.5) is 0 Å². The number of nitrogens with two attached hydrogens (primary N) is 2. The number of carbonyl (C=O) groups excluding carboxylic acids is 1. The van der Waals surface area contributed by atoms with Crippen LogP contribution >= 0.6 is 11.8 Å². The van der Waals surface area contributed by atoms with Crippen molar-refractivity contribution >= 4 is 23.9 Å². The molecule has 0 radical (unpaired) electrons. The van der Waals surface area contributed by atoms with Crippen LogP contribution in [0.5, 0.6) is 0 Å². The second-order valence-electron chi connectivity index (χ2n) is 3.47. The topological polar surface area (TPSA) is 93.5 Å². The van der Waals surface area contributed by atoms with Gasteiger partial charge in [0, 0.05) is 12.8 Å². The van der Waals surface area contributed by atoms with Crippen LogP contribution in [0.3, 0.4) is 0 Å². The minimum Gasteiger partial charge on any atom is -0.405 e. The number of carbonyl (C=O) groups is 1. The molecule has 0 bridgehead atoms. The molecule has 134 valence electrons. The smallest absolute Gasteiger partial charge is 0.257 e. The molecule has 1 amide bonds. The lowest BCUT2D eigenvalue weighted by Gasteiger charge is -2.05. The average Bonchev–Trinajstić information content (AvgIpc) is 2.61. The molecule has 24 heavy (non-hydrogen) atoms. The quantitative estimate of drug-likeness (QED) is 0.338. The van der Waals surface area contributed by atoms with E-state index in [4.69, 9.17) is 11.5 Å². The number of nitrogens with zero attached hydrogens (tertiary/aromatic N) is 1. The third-order valence-corrected chi connectivity index (χ3v) is 2.57. The van der Waals surface area contributed by atoms with Crippen molar-refractivity contribution in [1.82, 2.24) is 5.32 Å². The number of rotatable bonds is 9. The van der Waals surface area contributed by atoms with E-state index in [1.165, 1.54) is 18.0 Å². The first kappa shape index (κ1) is 26.6. The van der Waals surface area contributed by atoms with E-state index in [0.29, 0.717) is 18.1 Å². The van der Waals surface area contributed by atoms with E-state index >= 15 is 0 Å². The van der Waals surface area contributed by atoms with Gasteiger partial charge in [0.1, 0.15) is 0 Å². The Labute approximate surface area is 150 Å². The molecule has 0 spiro atoms. The Balaban J connectivity index is -0.000000410. The summed E-state index contributed by atoms with van der Waals surface area (Å²) in [7, 11) is 0. The molecule has 0 heterocycles. The van der Waals surface area contributed by atoms with Crippen LogP contribution in [-0.4, -0.2) is 25.3 Å². The fourth-order valence-corrected chi connectivity index (χ4v) is 1.34.